The van der Waals surface area contributed by atoms with Gasteiger partial charge in [-0.05, 0) is 61.6 Å². The van der Waals surface area contributed by atoms with Crippen molar-refractivity contribution in [1.82, 2.24) is 4.37 Å². The lowest BCUT2D eigenvalue weighted by molar-refractivity contribution is 0.413. The van der Waals surface area contributed by atoms with Crippen molar-refractivity contribution in [2.75, 3.05) is 13.7 Å². The summed E-state index contributed by atoms with van der Waals surface area (Å²) in [5.41, 5.74) is 9.97. The number of methoxy groups -OCH3 is 1. The number of aryl methyl sites for hydroxylation is 2. The van der Waals surface area contributed by atoms with E-state index in [9.17, 15) is 0 Å². The molecule has 0 saturated carbocycles. The zero-order valence-electron chi connectivity index (χ0n) is 11.0. The van der Waals surface area contributed by atoms with E-state index in [0.717, 1.165) is 29.0 Å². The average molecular weight is 262 g/mol. The van der Waals surface area contributed by atoms with Gasteiger partial charge < -0.3 is 10.5 Å². The van der Waals surface area contributed by atoms with Crippen molar-refractivity contribution in [3.05, 3.63) is 34.2 Å². The fourth-order valence-corrected chi connectivity index (χ4v) is 2.86. The molecule has 0 atom stereocenters. The number of benzene rings is 1. The Morgan fingerprint density at radius 3 is 2.72 bits per heavy atom. The fourth-order valence-electron chi connectivity index (χ4n) is 2.12. The normalized spacial score (nSPS) is 10.7. The third-order valence-electron chi connectivity index (χ3n) is 2.85. The van der Waals surface area contributed by atoms with Crippen LogP contribution in [0.4, 0.5) is 0 Å². The van der Waals surface area contributed by atoms with E-state index in [2.05, 4.69) is 36.4 Å². The quantitative estimate of drug-likeness (QED) is 0.921. The SMILES string of the molecule is COc1c(C)cc(C)cc1-c1cc(CCN)sn1. The summed E-state index contributed by atoms with van der Waals surface area (Å²) in [6, 6.07) is 6.34. The summed E-state index contributed by atoms with van der Waals surface area (Å²) in [4.78, 5) is 1.22. The highest BCUT2D eigenvalue weighted by atomic mass is 32.1. The highest BCUT2D eigenvalue weighted by Gasteiger charge is 2.12. The second-order valence-electron chi connectivity index (χ2n) is 4.38. The predicted octanol–water partition coefficient (Wildman–Crippen LogP) is 2.94. The molecule has 1 aromatic heterocycles. The van der Waals surface area contributed by atoms with E-state index >= 15 is 0 Å². The van der Waals surface area contributed by atoms with Gasteiger partial charge >= 0.3 is 0 Å². The molecule has 0 aliphatic carbocycles. The molecule has 0 aliphatic heterocycles. The van der Waals surface area contributed by atoms with Crippen molar-refractivity contribution < 1.29 is 4.74 Å². The van der Waals surface area contributed by atoms with Gasteiger partial charge in [0, 0.05) is 10.4 Å². The molecule has 96 valence electrons. The Morgan fingerprint density at radius 1 is 1.28 bits per heavy atom. The van der Waals surface area contributed by atoms with Gasteiger partial charge in [-0.1, -0.05) is 6.07 Å². The first-order valence-corrected chi connectivity index (χ1v) is 6.74. The first kappa shape index (κ1) is 13.1. The zero-order valence-corrected chi connectivity index (χ0v) is 11.8. The molecular formula is C14H18N2OS. The average Bonchev–Trinajstić information content (AvgIpc) is 2.77. The van der Waals surface area contributed by atoms with Gasteiger partial charge in [0.15, 0.2) is 0 Å². The number of rotatable bonds is 4. The number of hydrogen-bond acceptors (Lipinski definition) is 4. The van der Waals surface area contributed by atoms with E-state index in [1.165, 1.54) is 22.0 Å². The van der Waals surface area contributed by atoms with E-state index in [0.29, 0.717) is 6.54 Å². The van der Waals surface area contributed by atoms with Crippen LogP contribution in [0.2, 0.25) is 0 Å². The summed E-state index contributed by atoms with van der Waals surface area (Å²) in [7, 11) is 1.70. The second-order valence-corrected chi connectivity index (χ2v) is 5.27. The van der Waals surface area contributed by atoms with Crippen molar-refractivity contribution in [2.24, 2.45) is 5.73 Å². The van der Waals surface area contributed by atoms with Crippen LogP contribution in [0, 0.1) is 13.8 Å². The molecule has 0 radical (unpaired) electrons. The number of nitrogens with two attached hydrogens (primary N) is 1. The van der Waals surface area contributed by atoms with E-state index in [4.69, 9.17) is 10.5 Å². The fraction of sp³-hybridized carbons (Fsp3) is 0.357. The lowest BCUT2D eigenvalue weighted by Gasteiger charge is -2.10. The largest absolute Gasteiger partial charge is 0.496 e. The van der Waals surface area contributed by atoms with E-state index in [-0.39, 0.29) is 0 Å². The molecule has 3 nitrogen and oxygen atoms in total. The van der Waals surface area contributed by atoms with Crippen molar-refractivity contribution in [3.8, 4) is 17.0 Å². The number of hydrogen-bond donors (Lipinski definition) is 1. The van der Waals surface area contributed by atoms with Crippen molar-refractivity contribution in [3.63, 3.8) is 0 Å². The minimum atomic E-state index is 0.658. The molecule has 2 aromatic rings. The maximum Gasteiger partial charge on any atom is 0.131 e. The van der Waals surface area contributed by atoms with Gasteiger partial charge in [-0.15, -0.1) is 0 Å². The highest BCUT2D eigenvalue weighted by molar-refractivity contribution is 7.06. The molecule has 18 heavy (non-hydrogen) atoms. The monoisotopic (exact) mass is 262 g/mol. The van der Waals surface area contributed by atoms with E-state index < -0.39 is 0 Å². The Labute approximate surface area is 112 Å². The first-order chi connectivity index (χ1) is 8.65. The van der Waals surface area contributed by atoms with E-state index in [1.807, 2.05) is 0 Å². The number of ether oxygens (including phenoxy) is 1. The third-order valence-corrected chi connectivity index (χ3v) is 3.69. The molecule has 2 rings (SSSR count). The molecule has 0 bridgehead atoms. The Kier molecular flexibility index (Phi) is 3.99. The van der Waals surface area contributed by atoms with Crippen LogP contribution in [0.25, 0.3) is 11.3 Å². The first-order valence-electron chi connectivity index (χ1n) is 5.97. The maximum atomic E-state index is 5.57. The Hall–Kier alpha value is -1.39. The lowest BCUT2D eigenvalue weighted by Crippen LogP contribution is -2.00. The van der Waals surface area contributed by atoms with Gasteiger partial charge in [0.05, 0.1) is 12.8 Å². The van der Waals surface area contributed by atoms with Crippen LogP contribution in [0.15, 0.2) is 18.2 Å². The van der Waals surface area contributed by atoms with Crippen LogP contribution in [-0.4, -0.2) is 18.0 Å². The molecule has 4 heteroatoms. The molecule has 1 aromatic carbocycles. The summed E-state index contributed by atoms with van der Waals surface area (Å²) in [5.74, 6) is 0.908. The van der Waals surface area contributed by atoms with Crippen LogP contribution in [0.1, 0.15) is 16.0 Å². The zero-order chi connectivity index (χ0) is 13.1. The van der Waals surface area contributed by atoms with Gasteiger partial charge in [-0.2, -0.15) is 4.37 Å². The van der Waals surface area contributed by atoms with Gasteiger partial charge in [0.25, 0.3) is 0 Å². The Morgan fingerprint density at radius 2 is 2.06 bits per heavy atom. The maximum absolute atomic E-state index is 5.57. The summed E-state index contributed by atoms with van der Waals surface area (Å²) in [6.07, 6.45) is 0.880. The molecule has 0 amide bonds. The van der Waals surface area contributed by atoms with Crippen molar-refractivity contribution >= 4 is 11.5 Å². The molecule has 0 saturated heterocycles. The van der Waals surface area contributed by atoms with Crippen molar-refractivity contribution in [1.29, 1.82) is 0 Å². The van der Waals surface area contributed by atoms with Crippen molar-refractivity contribution in [2.45, 2.75) is 20.3 Å². The summed E-state index contributed by atoms with van der Waals surface area (Å²) < 4.78 is 10.00. The Balaban J connectivity index is 2.48. The smallest absolute Gasteiger partial charge is 0.131 e. The number of nitrogens with zero attached hydrogens (tertiary/aromatic N) is 1. The van der Waals surface area contributed by atoms with Crippen LogP contribution in [-0.2, 0) is 6.42 Å². The summed E-state index contributed by atoms with van der Waals surface area (Å²) in [6.45, 7) is 4.80. The van der Waals surface area contributed by atoms with Crippen LogP contribution < -0.4 is 10.5 Å². The van der Waals surface area contributed by atoms with Crippen LogP contribution >= 0.6 is 11.5 Å². The van der Waals surface area contributed by atoms with Gasteiger partial charge in [-0.25, -0.2) is 0 Å². The van der Waals surface area contributed by atoms with Crippen LogP contribution in [0.3, 0.4) is 0 Å². The standard InChI is InChI=1S/C14H18N2OS/c1-9-6-10(2)14(17-3)12(7-9)13-8-11(4-5-15)18-16-13/h6-8H,4-5,15H2,1-3H3. The molecule has 1 heterocycles. The molecule has 0 fully saturated rings. The number of aromatic nitrogens is 1. The minimum Gasteiger partial charge on any atom is -0.496 e. The van der Waals surface area contributed by atoms with Gasteiger partial charge in [0.2, 0.25) is 0 Å². The van der Waals surface area contributed by atoms with Gasteiger partial charge in [0.1, 0.15) is 5.75 Å². The lowest BCUT2D eigenvalue weighted by atomic mass is 10.0. The molecule has 0 unspecified atom stereocenters. The highest BCUT2D eigenvalue weighted by Crippen LogP contribution is 2.34. The predicted molar refractivity (Wildman–Crippen MR) is 76.3 cm³/mol. The second kappa shape index (κ2) is 5.50. The molecule has 2 N–H and O–H groups in total. The molecule has 0 aliphatic rings. The Bertz CT molecular complexity index is 549. The minimum absolute atomic E-state index is 0.658. The van der Waals surface area contributed by atoms with Gasteiger partial charge in [-0.3, -0.25) is 0 Å². The van der Waals surface area contributed by atoms with E-state index in [1.54, 1.807) is 7.11 Å². The van der Waals surface area contributed by atoms with Crippen LogP contribution in [0.5, 0.6) is 5.75 Å². The summed E-state index contributed by atoms with van der Waals surface area (Å²) >= 11 is 1.51. The molecule has 0 spiro atoms. The topological polar surface area (TPSA) is 48.1 Å². The summed E-state index contributed by atoms with van der Waals surface area (Å²) in [5, 5.41) is 0. The molecular weight excluding hydrogens is 244 g/mol. The third kappa shape index (κ3) is 2.54.